The summed E-state index contributed by atoms with van der Waals surface area (Å²) in [6.45, 7) is 6.84. The van der Waals surface area contributed by atoms with Crippen LogP contribution in [0.3, 0.4) is 0 Å². The van der Waals surface area contributed by atoms with Crippen molar-refractivity contribution >= 4 is 16.8 Å². The predicted octanol–water partition coefficient (Wildman–Crippen LogP) is 3.71. The van der Waals surface area contributed by atoms with Gasteiger partial charge >= 0.3 is 0 Å². The van der Waals surface area contributed by atoms with Gasteiger partial charge in [0.15, 0.2) is 0 Å². The Morgan fingerprint density at radius 2 is 2.07 bits per heavy atom. The zero-order chi connectivity index (χ0) is 20.4. The fourth-order valence-electron chi connectivity index (χ4n) is 4.01. The molecule has 1 aromatic carbocycles. The van der Waals surface area contributed by atoms with Gasteiger partial charge < -0.3 is 18.9 Å². The lowest BCUT2D eigenvalue weighted by Gasteiger charge is -2.16. The number of methoxy groups -OCH3 is 1. The molecule has 0 saturated carbocycles. The van der Waals surface area contributed by atoms with Gasteiger partial charge in [-0.05, 0) is 49.6 Å². The summed E-state index contributed by atoms with van der Waals surface area (Å²) in [6, 6.07) is 10.1. The molecule has 0 aliphatic carbocycles. The number of hydrogen-bond acceptors (Lipinski definition) is 4. The highest BCUT2D eigenvalue weighted by atomic mass is 16.5. The minimum atomic E-state index is 0.216. The lowest BCUT2D eigenvalue weighted by molar-refractivity contribution is -0.128. The minimum Gasteiger partial charge on any atom is -0.497 e. The molecule has 152 valence electrons. The molecule has 0 bridgehead atoms. The quantitative estimate of drug-likeness (QED) is 0.614. The summed E-state index contributed by atoms with van der Waals surface area (Å²) < 4.78 is 13.7. The zero-order valence-electron chi connectivity index (χ0n) is 17.3. The number of aryl methyl sites for hydroxylation is 1. The molecule has 29 heavy (non-hydrogen) atoms. The molecule has 6 nitrogen and oxygen atoms in total. The molecular weight excluding hydrogens is 366 g/mol. The van der Waals surface area contributed by atoms with Crippen LogP contribution in [-0.2, 0) is 11.3 Å². The molecule has 0 N–H and O–H groups in total. The number of amides is 1. The summed E-state index contributed by atoms with van der Waals surface area (Å²) in [6.07, 6.45) is 3.38. The standard InChI is InChI=1S/C23H27N3O3/c1-16-17(2)26(15-18-6-4-7-19(14-18)28-3)22-20(16)9-10-24-23(22)29-13-12-25-11-5-8-21(25)27/h4,6-7,9-10,14H,5,8,11-13,15H2,1-3H3. The lowest BCUT2D eigenvalue weighted by Crippen LogP contribution is -2.29. The van der Waals surface area contributed by atoms with E-state index in [4.69, 9.17) is 9.47 Å². The Labute approximate surface area is 171 Å². The van der Waals surface area contributed by atoms with Gasteiger partial charge in [-0.15, -0.1) is 0 Å². The Morgan fingerprint density at radius 1 is 1.21 bits per heavy atom. The summed E-state index contributed by atoms with van der Waals surface area (Å²) in [4.78, 5) is 18.2. The van der Waals surface area contributed by atoms with E-state index in [1.807, 2.05) is 23.1 Å². The molecule has 0 atom stereocenters. The van der Waals surface area contributed by atoms with Gasteiger partial charge in [0.1, 0.15) is 17.9 Å². The average Bonchev–Trinajstić information content (AvgIpc) is 3.25. The van der Waals surface area contributed by atoms with Gasteiger partial charge in [-0.2, -0.15) is 0 Å². The smallest absolute Gasteiger partial charge is 0.238 e. The van der Waals surface area contributed by atoms with Crippen molar-refractivity contribution in [2.24, 2.45) is 0 Å². The van der Waals surface area contributed by atoms with E-state index in [1.165, 1.54) is 11.3 Å². The molecule has 3 aromatic rings. The second-order valence-corrected chi connectivity index (χ2v) is 7.49. The molecule has 1 amide bonds. The molecular formula is C23H27N3O3. The van der Waals surface area contributed by atoms with Crippen LogP contribution in [0.5, 0.6) is 11.6 Å². The summed E-state index contributed by atoms with van der Waals surface area (Å²) >= 11 is 0. The maximum Gasteiger partial charge on any atom is 0.238 e. The third-order valence-corrected chi connectivity index (χ3v) is 5.76. The topological polar surface area (TPSA) is 56.6 Å². The van der Waals surface area contributed by atoms with E-state index in [-0.39, 0.29) is 5.91 Å². The maximum atomic E-state index is 11.8. The number of benzene rings is 1. The molecule has 1 saturated heterocycles. The number of ether oxygens (including phenoxy) is 2. The second-order valence-electron chi connectivity index (χ2n) is 7.49. The van der Waals surface area contributed by atoms with Gasteiger partial charge in [0.05, 0.1) is 13.7 Å². The first-order chi connectivity index (χ1) is 14.1. The van der Waals surface area contributed by atoms with Crippen LogP contribution in [0.1, 0.15) is 29.7 Å². The summed E-state index contributed by atoms with van der Waals surface area (Å²) in [5, 5.41) is 1.15. The summed E-state index contributed by atoms with van der Waals surface area (Å²) in [7, 11) is 1.68. The fraction of sp³-hybridized carbons (Fsp3) is 0.391. The van der Waals surface area contributed by atoms with Crippen LogP contribution in [0.4, 0.5) is 0 Å². The highest BCUT2D eigenvalue weighted by Gasteiger charge is 2.21. The van der Waals surface area contributed by atoms with Gasteiger partial charge in [-0.1, -0.05) is 12.1 Å². The summed E-state index contributed by atoms with van der Waals surface area (Å²) in [5.41, 5.74) is 4.57. The molecule has 3 heterocycles. The maximum absolute atomic E-state index is 11.8. The molecule has 6 heteroatoms. The molecule has 0 unspecified atom stereocenters. The molecule has 4 rings (SSSR count). The summed E-state index contributed by atoms with van der Waals surface area (Å²) in [5.74, 6) is 1.68. The van der Waals surface area contributed by atoms with Crippen LogP contribution in [0, 0.1) is 13.8 Å². The van der Waals surface area contributed by atoms with Crippen molar-refractivity contribution in [2.45, 2.75) is 33.2 Å². The number of carbonyl (C=O) groups is 1. The number of likely N-dealkylation sites (tertiary alicyclic amines) is 1. The molecule has 2 aromatic heterocycles. The van der Waals surface area contributed by atoms with Crippen molar-refractivity contribution in [3.63, 3.8) is 0 Å². The second kappa shape index (κ2) is 8.15. The van der Waals surface area contributed by atoms with E-state index in [2.05, 4.69) is 35.5 Å². The number of nitrogens with zero attached hydrogens (tertiary/aromatic N) is 3. The van der Waals surface area contributed by atoms with Gasteiger partial charge in [0, 0.05) is 36.8 Å². The Kier molecular flexibility index (Phi) is 5.43. The van der Waals surface area contributed by atoms with E-state index in [9.17, 15) is 4.79 Å². The fourth-order valence-corrected chi connectivity index (χ4v) is 4.01. The first-order valence-electron chi connectivity index (χ1n) is 10.1. The third-order valence-electron chi connectivity index (χ3n) is 5.76. The number of hydrogen-bond donors (Lipinski definition) is 0. The van der Waals surface area contributed by atoms with E-state index in [0.29, 0.717) is 32.0 Å². The number of rotatable bonds is 7. The highest BCUT2D eigenvalue weighted by Crippen LogP contribution is 2.32. The van der Waals surface area contributed by atoms with Crippen molar-refractivity contribution in [2.75, 3.05) is 26.8 Å². The minimum absolute atomic E-state index is 0.216. The molecule has 1 aliphatic heterocycles. The Morgan fingerprint density at radius 3 is 2.83 bits per heavy atom. The normalized spacial score (nSPS) is 14.0. The first-order valence-corrected chi connectivity index (χ1v) is 10.1. The van der Waals surface area contributed by atoms with Crippen molar-refractivity contribution in [3.05, 3.63) is 53.3 Å². The number of pyridine rings is 1. The van der Waals surface area contributed by atoms with Crippen molar-refractivity contribution in [1.82, 2.24) is 14.5 Å². The molecule has 1 aliphatic rings. The lowest BCUT2D eigenvalue weighted by atomic mass is 10.2. The number of fused-ring (bicyclic) bond motifs is 1. The number of aromatic nitrogens is 2. The van der Waals surface area contributed by atoms with Gasteiger partial charge in [-0.25, -0.2) is 4.98 Å². The van der Waals surface area contributed by atoms with Crippen LogP contribution < -0.4 is 9.47 Å². The molecule has 1 fully saturated rings. The third kappa shape index (κ3) is 3.79. The van der Waals surface area contributed by atoms with Gasteiger partial charge in [0.2, 0.25) is 11.8 Å². The average molecular weight is 393 g/mol. The predicted molar refractivity (Wildman–Crippen MR) is 113 cm³/mol. The van der Waals surface area contributed by atoms with Crippen LogP contribution in [0.25, 0.3) is 10.9 Å². The SMILES string of the molecule is COc1cccc(Cn2c(C)c(C)c3ccnc(OCCN4CCCC4=O)c32)c1. The van der Waals surface area contributed by atoms with Crippen molar-refractivity contribution in [1.29, 1.82) is 0 Å². The van der Waals surface area contributed by atoms with E-state index >= 15 is 0 Å². The van der Waals surface area contributed by atoms with Gasteiger partial charge in [0.25, 0.3) is 0 Å². The first kappa shape index (κ1) is 19.3. The highest BCUT2D eigenvalue weighted by molar-refractivity contribution is 5.89. The Bertz CT molecular complexity index is 1040. The molecule has 0 radical (unpaired) electrons. The Hall–Kier alpha value is -3.02. The monoisotopic (exact) mass is 393 g/mol. The Balaban J connectivity index is 1.63. The van der Waals surface area contributed by atoms with Crippen LogP contribution in [0.2, 0.25) is 0 Å². The van der Waals surface area contributed by atoms with Crippen molar-refractivity contribution in [3.8, 4) is 11.6 Å². The van der Waals surface area contributed by atoms with E-state index < -0.39 is 0 Å². The largest absolute Gasteiger partial charge is 0.497 e. The van der Waals surface area contributed by atoms with E-state index in [0.717, 1.165) is 35.2 Å². The van der Waals surface area contributed by atoms with E-state index in [1.54, 1.807) is 13.3 Å². The van der Waals surface area contributed by atoms with Crippen LogP contribution in [-0.4, -0.2) is 47.2 Å². The molecule has 0 spiro atoms. The van der Waals surface area contributed by atoms with Crippen LogP contribution in [0.15, 0.2) is 36.5 Å². The zero-order valence-corrected chi connectivity index (χ0v) is 17.3. The number of carbonyl (C=O) groups excluding carboxylic acids is 1. The van der Waals surface area contributed by atoms with Crippen molar-refractivity contribution < 1.29 is 14.3 Å². The van der Waals surface area contributed by atoms with Gasteiger partial charge in [-0.3, -0.25) is 4.79 Å². The van der Waals surface area contributed by atoms with Crippen LogP contribution >= 0.6 is 0 Å².